The van der Waals surface area contributed by atoms with Gasteiger partial charge in [0.1, 0.15) is 18.1 Å². The molecule has 0 aliphatic carbocycles. The van der Waals surface area contributed by atoms with Crippen LogP contribution in [0, 0.1) is 0 Å². The first-order chi connectivity index (χ1) is 20.4. The predicted octanol–water partition coefficient (Wildman–Crippen LogP) is -1.35. The monoisotopic (exact) mass is 619 g/mol. The second-order valence-electron chi connectivity index (χ2n) is 9.93. The molecule has 0 aliphatic heterocycles. The molecule has 4 unspecified atom stereocenters. The number of carboxylic acid groups (broad SMARTS) is 1. The van der Waals surface area contributed by atoms with Crippen LogP contribution in [0.25, 0.3) is 10.9 Å². The number of para-hydroxylation sites is 1. The number of hydrogen-bond donors (Lipinski definition) is 9. The molecule has 1 aromatic heterocycles. The second-order valence-corrected chi connectivity index (χ2v) is 10.9. The van der Waals surface area contributed by atoms with Crippen LogP contribution in [0.3, 0.4) is 0 Å². The Morgan fingerprint density at radius 3 is 2.23 bits per heavy atom. The van der Waals surface area contributed by atoms with Crippen LogP contribution in [-0.4, -0.2) is 88.4 Å². The number of benzene rings is 1. The van der Waals surface area contributed by atoms with Crippen molar-refractivity contribution in [1.29, 1.82) is 0 Å². The first kappa shape index (κ1) is 34.9. The van der Waals surface area contributed by atoms with Crippen LogP contribution in [0.4, 0.5) is 0 Å². The molecule has 0 saturated heterocycles. The van der Waals surface area contributed by atoms with Crippen molar-refractivity contribution in [1.82, 2.24) is 20.9 Å². The summed E-state index contributed by atoms with van der Waals surface area (Å²) in [4.78, 5) is 69.6. The van der Waals surface area contributed by atoms with Gasteiger partial charge in [-0.1, -0.05) is 18.2 Å². The molecule has 1 heterocycles. The van der Waals surface area contributed by atoms with Crippen molar-refractivity contribution in [2.24, 2.45) is 27.9 Å². The first-order valence-electron chi connectivity index (χ1n) is 13.7. The highest BCUT2D eigenvalue weighted by Crippen LogP contribution is 2.19. The topological polar surface area (TPSA) is 274 Å². The molecule has 0 aliphatic rings. The number of H-pyrrole nitrogens is 1. The predicted molar refractivity (Wildman–Crippen MR) is 165 cm³/mol. The number of hydrogen-bond acceptors (Lipinski definition) is 8. The smallest absolute Gasteiger partial charge is 0.326 e. The summed E-state index contributed by atoms with van der Waals surface area (Å²) in [5.74, 6) is -3.53. The minimum atomic E-state index is -1.25. The Morgan fingerprint density at radius 2 is 1.58 bits per heavy atom. The molecule has 0 radical (unpaired) electrons. The number of carbonyl (C=O) groups excluding carboxylic acids is 4. The molecule has 0 saturated carbocycles. The van der Waals surface area contributed by atoms with Gasteiger partial charge in [0.05, 0.1) is 6.04 Å². The van der Waals surface area contributed by atoms with E-state index in [1.807, 2.05) is 30.5 Å². The SMILES string of the molecule is CSCCC(NC(=O)C(Cc1c[nH]c2ccccc12)NC(=O)C(N)CCC(N)=O)C(=O)NC(CCCN=C(N)N)C(=O)O. The Bertz CT molecular complexity index is 1300. The fourth-order valence-corrected chi connectivity index (χ4v) is 4.72. The van der Waals surface area contributed by atoms with Gasteiger partial charge < -0.3 is 49.0 Å². The zero-order chi connectivity index (χ0) is 31.9. The number of aromatic nitrogens is 1. The van der Waals surface area contributed by atoms with E-state index < -0.39 is 53.8 Å². The van der Waals surface area contributed by atoms with Crippen LogP contribution in [0.1, 0.15) is 37.7 Å². The Hall–Kier alpha value is -4.31. The van der Waals surface area contributed by atoms with E-state index in [2.05, 4.69) is 25.9 Å². The van der Waals surface area contributed by atoms with Gasteiger partial charge in [0, 0.05) is 36.5 Å². The Balaban J connectivity index is 2.24. The van der Waals surface area contributed by atoms with Gasteiger partial charge in [0.25, 0.3) is 0 Å². The fourth-order valence-electron chi connectivity index (χ4n) is 4.25. The van der Waals surface area contributed by atoms with Crippen molar-refractivity contribution in [2.45, 2.75) is 62.7 Å². The summed E-state index contributed by atoms with van der Waals surface area (Å²) in [5.41, 5.74) is 23.3. The molecule has 15 nitrogen and oxygen atoms in total. The molecular weight excluding hydrogens is 578 g/mol. The van der Waals surface area contributed by atoms with Crippen LogP contribution < -0.4 is 38.9 Å². The number of amides is 4. The number of primary amides is 1. The summed E-state index contributed by atoms with van der Waals surface area (Å²) in [6.07, 6.45) is 4.04. The van der Waals surface area contributed by atoms with Gasteiger partial charge in [-0.05, 0) is 49.3 Å². The molecule has 2 rings (SSSR count). The van der Waals surface area contributed by atoms with E-state index in [9.17, 15) is 29.1 Å². The average molecular weight is 620 g/mol. The van der Waals surface area contributed by atoms with Crippen molar-refractivity contribution in [3.63, 3.8) is 0 Å². The molecule has 16 heteroatoms. The Kier molecular flexibility index (Phi) is 14.3. The third-order valence-electron chi connectivity index (χ3n) is 6.57. The molecule has 43 heavy (non-hydrogen) atoms. The van der Waals surface area contributed by atoms with E-state index in [0.29, 0.717) is 12.2 Å². The Labute approximate surface area is 253 Å². The molecule has 0 spiro atoms. The zero-order valence-electron chi connectivity index (χ0n) is 24.0. The van der Waals surface area contributed by atoms with E-state index >= 15 is 0 Å². The lowest BCUT2D eigenvalue weighted by Gasteiger charge is -2.25. The largest absolute Gasteiger partial charge is 0.480 e. The number of aliphatic imine (C=N–C) groups is 1. The molecule has 4 atom stereocenters. The van der Waals surface area contributed by atoms with Crippen molar-refractivity contribution >= 4 is 58.2 Å². The summed E-state index contributed by atoms with van der Waals surface area (Å²) in [6.45, 7) is 0.186. The molecule has 0 bridgehead atoms. The van der Waals surface area contributed by atoms with Crippen molar-refractivity contribution in [2.75, 3.05) is 18.6 Å². The molecule has 4 amide bonds. The fraction of sp³-hybridized carbons (Fsp3) is 0.481. The maximum Gasteiger partial charge on any atom is 0.326 e. The van der Waals surface area contributed by atoms with Crippen LogP contribution in [-0.2, 0) is 30.4 Å². The highest BCUT2D eigenvalue weighted by molar-refractivity contribution is 7.98. The lowest BCUT2D eigenvalue weighted by atomic mass is 10.0. The normalized spacial score (nSPS) is 13.7. The minimum Gasteiger partial charge on any atom is -0.480 e. The summed E-state index contributed by atoms with van der Waals surface area (Å²) in [6, 6.07) is 2.85. The molecular formula is C27H41N9O6S. The van der Waals surface area contributed by atoms with Crippen LogP contribution in [0.15, 0.2) is 35.5 Å². The van der Waals surface area contributed by atoms with Crippen molar-refractivity contribution < 1.29 is 29.1 Å². The van der Waals surface area contributed by atoms with Gasteiger partial charge in [-0.25, -0.2) is 4.79 Å². The number of nitrogens with one attached hydrogen (secondary N) is 4. The summed E-state index contributed by atoms with van der Waals surface area (Å²) in [7, 11) is 0. The summed E-state index contributed by atoms with van der Waals surface area (Å²) >= 11 is 1.44. The van der Waals surface area contributed by atoms with E-state index in [-0.39, 0.29) is 44.6 Å². The van der Waals surface area contributed by atoms with Gasteiger partial charge in [-0.3, -0.25) is 24.2 Å². The van der Waals surface area contributed by atoms with E-state index in [1.165, 1.54) is 11.8 Å². The quantitative estimate of drug-likeness (QED) is 0.0506. The summed E-state index contributed by atoms with van der Waals surface area (Å²) < 4.78 is 0. The molecule has 13 N–H and O–H groups in total. The maximum absolute atomic E-state index is 13.6. The average Bonchev–Trinajstić information content (AvgIpc) is 3.37. The van der Waals surface area contributed by atoms with Crippen LogP contribution in [0.2, 0.25) is 0 Å². The number of guanidine groups is 1. The molecule has 0 fully saturated rings. The van der Waals surface area contributed by atoms with Gasteiger partial charge in [-0.15, -0.1) is 0 Å². The van der Waals surface area contributed by atoms with Gasteiger partial charge >= 0.3 is 5.97 Å². The number of thioether (sulfide) groups is 1. The Morgan fingerprint density at radius 1 is 0.930 bits per heavy atom. The van der Waals surface area contributed by atoms with E-state index in [4.69, 9.17) is 22.9 Å². The number of fused-ring (bicyclic) bond motifs is 1. The minimum absolute atomic E-state index is 0.0128. The maximum atomic E-state index is 13.6. The summed E-state index contributed by atoms with van der Waals surface area (Å²) in [5, 5.41) is 18.3. The van der Waals surface area contributed by atoms with Crippen molar-refractivity contribution in [3.8, 4) is 0 Å². The molecule has 236 valence electrons. The zero-order valence-corrected chi connectivity index (χ0v) is 24.8. The van der Waals surface area contributed by atoms with E-state index in [0.717, 1.165) is 16.5 Å². The number of aromatic amines is 1. The second kappa shape index (κ2) is 17.6. The standard InChI is InChI=1S/C27H41N9O6S/c1-43-12-10-19(24(39)35-20(26(41)42)7-4-11-32-27(30)31)34-25(40)21(36-23(38)17(28)8-9-22(29)37)13-15-14-33-18-6-3-2-5-16(15)18/h2-3,5-6,14,17,19-21,33H,4,7-13,28H2,1H3,(H2,29,37)(H,34,40)(H,35,39)(H,36,38)(H,41,42)(H4,30,31,32). The highest BCUT2D eigenvalue weighted by Gasteiger charge is 2.30. The number of rotatable bonds is 19. The highest BCUT2D eigenvalue weighted by atomic mass is 32.2. The molecule has 2 aromatic rings. The molecule has 1 aromatic carbocycles. The number of nitrogens with zero attached hydrogens (tertiary/aromatic N) is 1. The number of nitrogens with two attached hydrogens (primary N) is 4. The van der Waals surface area contributed by atoms with Gasteiger partial charge in [0.15, 0.2) is 5.96 Å². The third kappa shape index (κ3) is 11.8. The van der Waals surface area contributed by atoms with Gasteiger partial charge in [0.2, 0.25) is 23.6 Å². The first-order valence-corrected chi connectivity index (χ1v) is 15.1. The number of aliphatic carboxylic acids is 1. The van der Waals surface area contributed by atoms with Crippen LogP contribution >= 0.6 is 11.8 Å². The lowest BCUT2D eigenvalue weighted by Crippen LogP contribution is -2.57. The van der Waals surface area contributed by atoms with Crippen LogP contribution in [0.5, 0.6) is 0 Å². The number of carbonyl (C=O) groups is 5. The lowest BCUT2D eigenvalue weighted by molar-refractivity contribution is -0.142. The van der Waals surface area contributed by atoms with Gasteiger partial charge in [-0.2, -0.15) is 11.8 Å². The third-order valence-corrected chi connectivity index (χ3v) is 7.22. The van der Waals surface area contributed by atoms with E-state index in [1.54, 1.807) is 6.20 Å². The van der Waals surface area contributed by atoms with Crippen molar-refractivity contribution in [3.05, 3.63) is 36.0 Å². The number of carboxylic acids is 1.